The van der Waals surface area contributed by atoms with Crippen LogP contribution in [0.2, 0.25) is 0 Å². The molecule has 1 aliphatic rings. The molecule has 0 saturated carbocycles. The van der Waals surface area contributed by atoms with Gasteiger partial charge in [-0.15, -0.1) is 11.3 Å². The quantitative estimate of drug-likeness (QED) is 0.927. The Labute approximate surface area is 104 Å². The maximum absolute atomic E-state index is 5.73. The van der Waals surface area contributed by atoms with Gasteiger partial charge in [-0.3, -0.25) is 4.90 Å². The molecule has 0 aromatic carbocycles. The van der Waals surface area contributed by atoms with Crippen LogP contribution in [0.3, 0.4) is 0 Å². The summed E-state index contributed by atoms with van der Waals surface area (Å²) in [5, 5.41) is 0. The van der Waals surface area contributed by atoms with Gasteiger partial charge in [-0.2, -0.15) is 0 Å². The highest BCUT2D eigenvalue weighted by atomic mass is 79.9. The van der Waals surface area contributed by atoms with Gasteiger partial charge >= 0.3 is 0 Å². The number of thiophene rings is 1. The van der Waals surface area contributed by atoms with Gasteiger partial charge in [0.1, 0.15) is 0 Å². The molecule has 15 heavy (non-hydrogen) atoms. The van der Waals surface area contributed by atoms with Gasteiger partial charge in [0.05, 0.1) is 3.79 Å². The van der Waals surface area contributed by atoms with Gasteiger partial charge < -0.3 is 5.73 Å². The Hall–Kier alpha value is 0.1000. The Balaban J connectivity index is 1.88. The highest BCUT2D eigenvalue weighted by Gasteiger charge is 2.18. The highest BCUT2D eigenvalue weighted by Crippen LogP contribution is 2.25. The van der Waals surface area contributed by atoms with Crippen LogP contribution in [-0.2, 0) is 6.54 Å². The number of nitrogens with two attached hydrogens (primary N) is 1. The molecule has 1 fully saturated rings. The molecule has 0 amide bonds. The molecule has 2 heterocycles. The third-order valence-electron chi connectivity index (χ3n) is 2.94. The molecule has 0 aliphatic carbocycles. The molecule has 1 saturated heterocycles. The van der Waals surface area contributed by atoms with Crippen molar-refractivity contribution in [3.63, 3.8) is 0 Å². The molecule has 0 bridgehead atoms. The maximum Gasteiger partial charge on any atom is 0.0701 e. The average Bonchev–Trinajstić information content (AvgIpc) is 2.64. The van der Waals surface area contributed by atoms with Crippen molar-refractivity contribution in [1.82, 2.24) is 4.90 Å². The Morgan fingerprint density at radius 1 is 1.53 bits per heavy atom. The van der Waals surface area contributed by atoms with Gasteiger partial charge in [0.2, 0.25) is 0 Å². The fraction of sp³-hybridized carbons (Fsp3) is 0.636. The molecular weight excluding hydrogens is 272 g/mol. The largest absolute Gasteiger partial charge is 0.330 e. The molecule has 1 atom stereocenters. The zero-order chi connectivity index (χ0) is 10.7. The number of nitrogens with zero attached hydrogens (tertiary/aromatic N) is 1. The summed E-state index contributed by atoms with van der Waals surface area (Å²) < 4.78 is 1.23. The van der Waals surface area contributed by atoms with Gasteiger partial charge in [-0.05, 0) is 59.9 Å². The minimum Gasteiger partial charge on any atom is -0.330 e. The van der Waals surface area contributed by atoms with Crippen LogP contribution in [0, 0.1) is 5.92 Å². The second-order valence-corrected chi connectivity index (χ2v) is 6.73. The Morgan fingerprint density at radius 2 is 2.40 bits per heavy atom. The number of halogens is 1. The standard InChI is InChI=1S/C11H17BrN2S/c12-11-4-3-10(15-11)8-14-5-1-2-9(6-13)7-14/h3-4,9H,1-2,5-8,13H2. The summed E-state index contributed by atoms with van der Waals surface area (Å²) in [6, 6.07) is 4.34. The molecule has 2 rings (SSSR count). The first-order valence-corrected chi connectivity index (χ1v) is 7.05. The molecule has 1 aromatic rings. The zero-order valence-electron chi connectivity index (χ0n) is 8.79. The first-order valence-electron chi connectivity index (χ1n) is 5.44. The van der Waals surface area contributed by atoms with Gasteiger partial charge in [0.15, 0.2) is 0 Å². The predicted octanol–water partition coefficient (Wildman–Crippen LogP) is 2.68. The summed E-state index contributed by atoms with van der Waals surface area (Å²) in [6.45, 7) is 4.33. The first-order chi connectivity index (χ1) is 7.28. The molecule has 2 nitrogen and oxygen atoms in total. The zero-order valence-corrected chi connectivity index (χ0v) is 11.2. The molecule has 0 spiro atoms. The van der Waals surface area contributed by atoms with E-state index in [1.807, 2.05) is 11.3 Å². The van der Waals surface area contributed by atoms with Crippen LogP contribution in [0.1, 0.15) is 17.7 Å². The third-order valence-corrected chi connectivity index (χ3v) is 4.55. The third kappa shape index (κ3) is 3.28. The van der Waals surface area contributed by atoms with E-state index in [9.17, 15) is 0 Å². The summed E-state index contributed by atoms with van der Waals surface area (Å²) in [4.78, 5) is 3.97. The lowest BCUT2D eigenvalue weighted by Gasteiger charge is -2.31. The lowest BCUT2D eigenvalue weighted by atomic mass is 9.98. The number of likely N-dealkylation sites (tertiary alicyclic amines) is 1. The van der Waals surface area contributed by atoms with Crippen LogP contribution in [0.15, 0.2) is 15.9 Å². The summed E-state index contributed by atoms with van der Waals surface area (Å²) in [5.74, 6) is 0.710. The van der Waals surface area contributed by atoms with E-state index in [-0.39, 0.29) is 0 Å². The average molecular weight is 289 g/mol. The van der Waals surface area contributed by atoms with Crippen LogP contribution in [-0.4, -0.2) is 24.5 Å². The molecule has 1 aliphatic heterocycles. The van der Waals surface area contributed by atoms with E-state index >= 15 is 0 Å². The van der Waals surface area contributed by atoms with Crippen molar-refractivity contribution >= 4 is 27.3 Å². The number of hydrogen-bond acceptors (Lipinski definition) is 3. The summed E-state index contributed by atoms with van der Waals surface area (Å²) in [6.07, 6.45) is 2.61. The normalized spacial score (nSPS) is 23.2. The van der Waals surface area contributed by atoms with Crippen molar-refractivity contribution in [2.24, 2.45) is 11.7 Å². The van der Waals surface area contributed by atoms with Crippen LogP contribution < -0.4 is 5.73 Å². The molecule has 2 N–H and O–H groups in total. The monoisotopic (exact) mass is 288 g/mol. The molecular formula is C11H17BrN2S. The van der Waals surface area contributed by atoms with E-state index in [1.165, 1.54) is 34.6 Å². The molecule has 1 unspecified atom stereocenters. The fourth-order valence-corrected chi connectivity index (χ4v) is 3.67. The van der Waals surface area contributed by atoms with Gasteiger partial charge in [0.25, 0.3) is 0 Å². The van der Waals surface area contributed by atoms with E-state index < -0.39 is 0 Å². The molecule has 4 heteroatoms. The van der Waals surface area contributed by atoms with Gasteiger partial charge in [-0.1, -0.05) is 0 Å². The number of rotatable bonds is 3. The van der Waals surface area contributed by atoms with E-state index in [4.69, 9.17) is 5.73 Å². The summed E-state index contributed by atoms with van der Waals surface area (Å²) in [5.41, 5.74) is 5.73. The molecule has 0 radical (unpaired) electrons. The van der Waals surface area contributed by atoms with Crippen LogP contribution in [0.5, 0.6) is 0 Å². The Bertz CT molecular complexity index is 313. The second kappa shape index (κ2) is 5.43. The van der Waals surface area contributed by atoms with Crippen molar-refractivity contribution in [2.75, 3.05) is 19.6 Å². The van der Waals surface area contributed by atoms with Crippen LogP contribution in [0.25, 0.3) is 0 Å². The van der Waals surface area contributed by atoms with Crippen LogP contribution >= 0.6 is 27.3 Å². The van der Waals surface area contributed by atoms with E-state index in [0.29, 0.717) is 5.92 Å². The minimum absolute atomic E-state index is 0.710. The second-order valence-electron chi connectivity index (χ2n) is 4.18. The number of piperidine rings is 1. The van der Waals surface area contributed by atoms with Gasteiger partial charge in [-0.25, -0.2) is 0 Å². The predicted molar refractivity (Wildman–Crippen MR) is 69.1 cm³/mol. The molecule has 1 aromatic heterocycles. The minimum atomic E-state index is 0.710. The topological polar surface area (TPSA) is 29.3 Å². The SMILES string of the molecule is NCC1CCCN(Cc2ccc(Br)s2)C1. The van der Waals surface area contributed by atoms with Crippen LogP contribution in [0.4, 0.5) is 0 Å². The molecule has 84 valence electrons. The van der Waals surface area contributed by atoms with Crippen molar-refractivity contribution in [2.45, 2.75) is 19.4 Å². The fourth-order valence-electron chi connectivity index (χ4n) is 2.14. The lowest BCUT2D eigenvalue weighted by Crippen LogP contribution is -2.37. The van der Waals surface area contributed by atoms with E-state index in [2.05, 4.69) is 33.0 Å². The van der Waals surface area contributed by atoms with Crippen molar-refractivity contribution < 1.29 is 0 Å². The van der Waals surface area contributed by atoms with E-state index in [1.54, 1.807) is 0 Å². The summed E-state index contributed by atoms with van der Waals surface area (Å²) >= 11 is 5.34. The number of hydrogen-bond donors (Lipinski definition) is 1. The van der Waals surface area contributed by atoms with Crippen molar-refractivity contribution in [3.05, 3.63) is 20.8 Å². The smallest absolute Gasteiger partial charge is 0.0701 e. The Kier molecular flexibility index (Phi) is 4.20. The lowest BCUT2D eigenvalue weighted by molar-refractivity contribution is 0.172. The first kappa shape index (κ1) is 11.6. The Morgan fingerprint density at radius 3 is 3.07 bits per heavy atom. The van der Waals surface area contributed by atoms with E-state index in [0.717, 1.165) is 13.1 Å². The summed E-state index contributed by atoms with van der Waals surface area (Å²) in [7, 11) is 0. The maximum atomic E-state index is 5.73. The van der Waals surface area contributed by atoms with Gasteiger partial charge in [0, 0.05) is 18.0 Å². The van der Waals surface area contributed by atoms with Crippen molar-refractivity contribution in [1.29, 1.82) is 0 Å². The highest BCUT2D eigenvalue weighted by molar-refractivity contribution is 9.11. The van der Waals surface area contributed by atoms with Crippen molar-refractivity contribution in [3.8, 4) is 0 Å².